The van der Waals surface area contributed by atoms with E-state index in [0.717, 1.165) is 29.5 Å². The summed E-state index contributed by atoms with van der Waals surface area (Å²) in [7, 11) is 0. The molecule has 102 valence electrons. The number of pyridine rings is 1. The second kappa shape index (κ2) is 5.10. The zero-order valence-electron chi connectivity index (χ0n) is 11.4. The predicted octanol–water partition coefficient (Wildman–Crippen LogP) is 2.66. The number of aromatic nitrogens is 3. The first-order valence-electron chi connectivity index (χ1n) is 6.86. The predicted molar refractivity (Wildman–Crippen MR) is 76.5 cm³/mol. The van der Waals surface area contributed by atoms with Gasteiger partial charge >= 0.3 is 0 Å². The maximum atomic E-state index is 6.04. The van der Waals surface area contributed by atoms with E-state index in [1.165, 1.54) is 13.0 Å². The van der Waals surface area contributed by atoms with Crippen LogP contribution in [0.2, 0.25) is 5.02 Å². The molecular weight excluding hydrogens is 260 g/mol. The number of fused-ring (bicyclic) bond motifs is 1. The largest absolute Gasteiger partial charge is 0.301 e. The lowest BCUT2D eigenvalue weighted by molar-refractivity contribution is 0.264. The first kappa shape index (κ1) is 12.9. The Labute approximate surface area is 118 Å². The molecule has 1 atom stereocenters. The minimum atomic E-state index is 0.634. The smallest absolute Gasteiger partial charge is 0.160 e. The fourth-order valence-electron chi connectivity index (χ4n) is 2.81. The molecule has 4 nitrogen and oxygen atoms in total. The Hall–Kier alpha value is -1.13. The van der Waals surface area contributed by atoms with Crippen LogP contribution in [-0.4, -0.2) is 38.6 Å². The molecule has 0 aromatic carbocycles. The highest BCUT2D eigenvalue weighted by atomic mass is 35.5. The van der Waals surface area contributed by atoms with Crippen LogP contribution in [0.25, 0.3) is 5.65 Å². The van der Waals surface area contributed by atoms with E-state index in [-0.39, 0.29) is 0 Å². The molecule has 0 N–H and O–H groups in total. The molecule has 0 spiro atoms. The van der Waals surface area contributed by atoms with Gasteiger partial charge in [-0.2, -0.15) is 0 Å². The topological polar surface area (TPSA) is 33.4 Å². The van der Waals surface area contributed by atoms with Crippen molar-refractivity contribution in [1.82, 2.24) is 19.5 Å². The lowest BCUT2D eigenvalue weighted by Crippen LogP contribution is -2.28. The van der Waals surface area contributed by atoms with Crippen molar-refractivity contribution >= 4 is 17.2 Å². The molecule has 3 rings (SSSR count). The highest BCUT2D eigenvalue weighted by Crippen LogP contribution is 2.22. The molecule has 5 heteroatoms. The second-order valence-electron chi connectivity index (χ2n) is 5.64. The molecule has 3 heterocycles. The van der Waals surface area contributed by atoms with Crippen molar-refractivity contribution in [3.05, 3.63) is 29.2 Å². The van der Waals surface area contributed by atoms with Gasteiger partial charge < -0.3 is 4.90 Å². The molecule has 1 unspecified atom stereocenters. The molecule has 0 saturated carbocycles. The van der Waals surface area contributed by atoms with Gasteiger partial charge in [0.1, 0.15) is 5.82 Å². The van der Waals surface area contributed by atoms with Crippen LogP contribution >= 0.6 is 11.6 Å². The fraction of sp³-hybridized carbons (Fsp3) is 0.571. The summed E-state index contributed by atoms with van der Waals surface area (Å²) in [5.74, 6) is 1.70. The average molecular weight is 279 g/mol. The monoisotopic (exact) mass is 278 g/mol. The molecule has 0 amide bonds. The van der Waals surface area contributed by atoms with Crippen molar-refractivity contribution in [3.63, 3.8) is 0 Å². The van der Waals surface area contributed by atoms with Gasteiger partial charge in [0.25, 0.3) is 0 Å². The highest BCUT2D eigenvalue weighted by molar-refractivity contribution is 6.30. The van der Waals surface area contributed by atoms with Gasteiger partial charge in [-0.25, -0.2) is 0 Å². The van der Waals surface area contributed by atoms with Crippen LogP contribution < -0.4 is 0 Å². The van der Waals surface area contributed by atoms with Gasteiger partial charge in [-0.1, -0.05) is 11.6 Å². The Kier molecular flexibility index (Phi) is 3.46. The Morgan fingerprint density at radius 3 is 2.95 bits per heavy atom. The van der Waals surface area contributed by atoms with E-state index in [9.17, 15) is 0 Å². The van der Waals surface area contributed by atoms with Crippen molar-refractivity contribution in [1.29, 1.82) is 0 Å². The number of halogens is 1. The van der Waals surface area contributed by atoms with E-state index >= 15 is 0 Å². The van der Waals surface area contributed by atoms with Crippen LogP contribution in [0.1, 0.15) is 26.1 Å². The van der Waals surface area contributed by atoms with E-state index in [0.29, 0.717) is 12.0 Å². The number of hydrogen-bond donors (Lipinski definition) is 0. The standard InChI is InChI=1S/C14H19ClN4/c1-10(2)18-6-5-11(8-18)7-14-17-16-13-4-3-12(15)9-19(13)14/h3-4,9-11H,5-8H2,1-2H3. The quantitative estimate of drug-likeness (QED) is 0.865. The molecule has 1 fully saturated rings. The number of hydrogen-bond acceptors (Lipinski definition) is 3. The number of likely N-dealkylation sites (tertiary alicyclic amines) is 1. The van der Waals surface area contributed by atoms with E-state index in [1.807, 2.05) is 22.7 Å². The molecule has 0 bridgehead atoms. The highest BCUT2D eigenvalue weighted by Gasteiger charge is 2.25. The van der Waals surface area contributed by atoms with Gasteiger partial charge in [-0.3, -0.25) is 4.40 Å². The molecule has 2 aromatic heterocycles. The molecule has 1 aliphatic heterocycles. The molecule has 19 heavy (non-hydrogen) atoms. The molecule has 0 aliphatic carbocycles. The zero-order valence-corrected chi connectivity index (χ0v) is 12.1. The van der Waals surface area contributed by atoms with Crippen molar-refractivity contribution < 1.29 is 0 Å². The van der Waals surface area contributed by atoms with Crippen molar-refractivity contribution in [2.75, 3.05) is 13.1 Å². The first-order chi connectivity index (χ1) is 9.13. The third kappa shape index (κ3) is 2.60. The van der Waals surface area contributed by atoms with Gasteiger partial charge in [-0.05, 0) is 44.9 Å². The molecule has 1 aliphatic rings. The summed E-state index contributed by atoms with van der Waals surface area (Å²) in [6.45, 7) is 6.87. The summed E-state index contributed by atoms with van der Waals surface area (Å²) in [6.07, 6.45) is 4.12. The van der Waals surface area contributed by atoms with Crippen molar-refractivity contribution in [3.8, 4) is 0 Å². The van der Waals surface area contributed by atoms with Gasteiger partial charge in [0.2, 0.25) is 0 Å². The summed E-state index contributed by atoms with van der Waals surface area (Å²) in [5, 5.41) is 9.23. The van der Waals surface area contributed by atoms with E-state index in [2.05, 4.69) is 28.9 Å². The van der Waals surface area contributed by atoms with E-state index < -0.39 is 0 Å². The molecular formula is C14H19ClN4. The van der Waals surface area contributed by atoms with Crippen LogP contribution in [0, 0.1) is 5.92 Å². The summed E-state index contributed by atoms with van der Waals surface area (Å²) in [6, 6.07) is 4.40. The summed E-state index contributed by atoms with van der Waals surface area (Å²) in [5.41, 5.74) is 0.873. The first-order valence-corrected chi connectivity index (χ1v) is 7.24. The Morgan fingerprint density at radius 2 is 2.21 bits per heavy atom. The maximum Gasteiger partial charge on any atom is 0.160 e. The van der Waals surface area contributed by atoms with Crippen LogP contribution in [0.4, 0.5) is 0 Å². The lowest BCUT2D eigenvalue weighted by Gasteiger charge is -2.20. The SMILES string of the molecule is CC(C)N1CCC(Cc2nnc3ccc(Cl)cn23)C1. The van der Waals surface area contributed by atoms with Crippen molar-refractivity contribution in [2.24, 2.45) is 5.92 Å². The minimum Gasteiger partial charge on any atom is -0.301 e. The van der Waals surface area contributed by atoms with Crippen LogP contribution in [-0.2, 0) is 6.42 Å². The fourth-order valence-corrected chi connectivity index (χ4v) is 2.97. The molecule has 1 saturated heterocycles. The lowest BCUT2D eigenvalue weighted by atomic mass is 10.0. The van der Waals surface area contributed by atoms with Crippen LogP contribution in [0.15, 0.2) is 18.3 Å². The average Bonchev–Trinajstić information content (AvgIpc) is 2.98. The number of rotatable bonds is 3. The summed E-state index contributed by atoms with van der Waals surface area (Å²) >= 11 is 6.04. The minimum absolute atomic E-state index is 0.634. The Morgan fingerprint density at radius 1 is 1.37 bits per heavy atom. The molecule has 2 aromatic rings. The summed E-state index contributed by atoms with van der Waals surface area (Å²) < 4.78 is 2.01. The summed E-state index contributed by atoms with van der Waals surface area (Å²) in [4.78, 5) is 2.53. The van der Waals surface area contributed by atoms with Gasteiger partial charge in [0, 0.05) is 25.2 Å². The normalized spacial score (nSPS) is 20.7. The van der Waals surface area contributed by atoms with E-state index in [1.54, 1.807) is 0 Å². The van der Waals surface area contributed by atoms with Crippen LogP contribution in [0.3, 0.4) is 0 Å². The van der Waals surface area contributed by atoms with Gasteiger partial charge in [-0.15, -0.1) is 10.2 Å². The third-order valence-electron chi connectivity index (χ3n) is 3.96. The zero-order chi connectivity index (χ0) is 13.4. The third-order valence-corrected chi connectivity index (χ3v) is 4.18. The van der Waals surface area contributed by atoms with Gasteiger partial charge in [0.15, 0.2) is 5.65 Å². The Balaban J connectivity index is 1.77. The second-order valence-corrected chi connectivity index (χ2v) is 6.08. The van der Waals surface area contributed by atoms with Crippen molar-refractivity contribution in [2.45, 2.75) is 32.7 Å². The number of nitrogens with zero attached hydrogens (tertiary/aromatic N) is 4. The molecule has 0 radical (unpaired) electrons. The van der Waals surface area contributed by atoms with Crippen LogP contribution in [0.5, 0.6) is 0 Å². The maximum absolute atomic E-state index is 6.04. The van der Waals surface area contributed by atoms with E-state index in [4.69, 9.17) is 11.6 Å². The van der Waals surface area contributed by atoms with Gasteiger partial charge in [0.05, 0.1) is 5.02 Å². The Bertz CT molecular complexity index is 578.